The van der Waals surface area contributed by atoms with Crippen LogP contribution < -0.4 is 16.0 Å². The summed E-state index contributed by atoms with van der Waals surface area (Å²) in [7, 11) is 0. The van der Waals surface area contributed by atoms with Crippen LogP contribution in [0.5, 0.6) is 0 Å². The van der Waals surface area contributed by atoms with E-state index in [4.69, 9.17) is 23.2 Å². The summed E-state index contributed by atoms with van der Waals surface area (Å²) in [6.45, 7) is 0. The van der Waals surface area contributed by atoms with Gasteiger partial charge in [-0.05, 0) is 76.5 Å². The van der Waals surface area contributed by atoms with Crippen molar-refractivity contribution in [2.75, 3.05) is 10.6 Å². The van der Waals surface area contributed by atoms with Crippen LogP contribution in [0, 0.1) is 0 Å². The second kappa shape index (κ2) is 15.7. The van der Waals surface area contributed by atoms with Gasteiger partial charge in [0, 0.05) is 21.8 Å². The first-order chi connectivity index (χ1) is 23.8. The number of carbonyl (C=O) groups excluding carboxylic acids is 3. The molecule has 0 aromatic heterocycles. The fourth-order valence-corrected chi connectivity index (χ4v) is 6.52. The molecule has 6 rings (SSSR count). The Bertz CT molecular complexity index is 2170. The van der Waals surface area contributed by atoms with Gasteiger partial charge in [0.15, 0.2) is 0 Å². The lowest BCUT2D eigenvalue weighted by atomic mass is 10.0. The number of amides is 3. The van der Waals surface area contributed by atoms with Gasteiger partial charge in [-0.3, -0.25) is 14.4 Å². The van der Waals surface area contributed by atoms with Gasteiger partial charge in [-0.25, -0.2) is 0 Å². The summed E-state index contributed by atoms with van der Waals surface area (Å²) in [4.78, 5) is 41.4. The highest BCUT2D eigenvalue weighted by Gasteiger charge is 2.23. The standard InChI is InChI=1S/C40H29Cl2N3O3S/c41-34-22-21-31(25-35(34)42)44-40(48)37(27-12-3-1-4-13-27)49-32-19-10-18-30(24-32)43-39(47)36(45-38(46)28-14-5-2-6-15-28)23-29-17-9-16-26-11-7-8-20-33(26)29/h1-25,37H,(H,43,47)(H,44,48)(H,45,46)/b36-23+. The molecule has 6 aromatic carbocycles. The molecule has 0 aliphatic rings. The Morgan fingerprint density at radius 3 is 2.08 bits per heavy atom. The van der Waals surface area contributed by atoms with E-state index >= 15 is 0 Å². The number of hydrogen-bond acceptors (Lipinski definition) is 4. The van der Waals surface area contributed by atoms with Crippen molar-refractivity contribution in [3.05, 3.63) is 178 Å². The van der Waals surface area contributed by atoms with E-state index in [0.29, 0.717) is 27.0 Å². The van der Waals surface area contributed by atoms with Crippen LogP contribution in [0.25, 0.3) is 16.8 Å². The molecule has 0 aliphatic carbocycles. The molecule has 1 atom stereocenters. The van der Waals surface area contributed by atoms with Gasteiger partial charge >= 0.3 is 0 Å². The van der Waals surface area contributed by atoms with E-state index in [2.05, 4.69) is 16.0 Å². The van der Waals surface area contributed by atoms with E-state index in [1.807, 2.05) is 84.9 Å². The molecule has 0 bridgehead atoms. The second-order valence-corrected chi connectivity index (χ2v) is 12.9. The molecule has 0 aliphatic heterocycles. The molecule has 242 valence electrons. The molecule has 6 nitrogen and oxygen atoms in total. The molecule has 3 amide bonds. The number of hydrogen-bond donors (Lipinski definition) is 3. The Labute approximate surface area is 298 Å². The maximum absolute atomic E-state index is 13.9. The Morgan fingerprint density at radius 1 is 0.633 bits per heavy atom. The van der Waals surface area contributed by atoms with Gasteiger partial charge in [-0.1, -0.05) is 120 Å². The van der Waals surface area contributed by atoms with Crippen molar-refractivity contribution >= 4 is 80.9 Å². The maximum Gasteiger partial charge on any atom is 0.272 e. The first-order valence-corrected chi connectivity index (χ1v) is 16.9. The average molecular weight is 703 g/mol. The zero-order valence-electron chi connectivity index (χ0n) is 25.9. The fraction of sp³-hybridized carbons (Fsp3) is 0.0250. The molecule has 0 saturated heterocycles. The van der Waals surface area contributed by atoms with Gasteiger partial charge in [0.1, 0.15) is 10.9 Å². The van der Waals surface area contributed by atoms with Crippen LogP contribution in [-0.2, 0) is 9.59 Å². The molecule has 0 spiro atoms. The summed E-state index contributed by atoms with van der Waals surface area (Å²) in [5.41, 5.74) is 3.08. The fourth-order valence-electron chi connectivity index (χ4n) is 5.14. The number of anilines is 2. The van der Waals surface area contributed by atoms with E-state index in [0.717, 1.165) is 26.8 Å². The lowest BCUT2D eigenvalue weighted by molar-refractivity contribution is -0.116. The van der Waals surface area contributed by atoms with Gasteiger partial charge in [0.2, 0.25) is 5.91 Å². The Morgan fingerprint density at radius 2 is 1.31 bits per heavy atom. The van der Waals surface area contributed by atoms with Crippen LogP contribution in [0.1, 0.15) is 26.7 Å². The Kier molecular flexibility index (Phi) is 10.8. The first-order valence-electron chi connectivity index (χ1n) is 15.3. The largest absolute Gasteiger partial charge is 0.325 e. The first kappa shape index (κ1) is 33.6. The second-order valence-electron chi connectivity index (χ2n) is 11.0. The predicted octanol–water partition coefficient (Wildman–Crippen LogP) is 10.0. The van der Waals surface area contributed by atoms with Gasteiger partial charge in [0.25, 0.3) is 11.8 Å². The number of rotatable bonds is 10. The van der Waals surface area contributed by atoms with Crippen molar-refractivity contribution in [3.8, 4) is 0 Å². The molecule has 0 heterocycles. The summed E-state index contributed by atoms with van der Waals surface area (Å²) < 4.78 is 0. The number of carbonyl (C=O) groups is 3. The quantitative estimate of drug-likeness (QED) is 0.0980. The van der Waals surface area contributed by atoms with Crippen LogP contribution in [0.3, 0.4) is 0 Å². The molecular weight excluding hydrogens is 673 g/mol. The molecular formula is C40H29Cl2N3O3S. The van der Waals surface area contributed by atoms with Crippen LogP contribution in [0.4, 0.5) is 11.4 Å². The third kappa shape index (κ3) is 8.58. The van der Waals surface area contributed by atoms with E-state index < -0.39 is 17.1 Å². The molecule has 1 unspecified atom stereocenters. The van der Waals surface area contributed by atoms with E-state index in [1.165, 1.54) is 11.8 Å². The predicted molar refractivity (Wildman–Crippen MR) is 201 cm³/mol. The number of fused-ring (bicyclic) bond motifs is 1. The third-order valence-electron chi connectivity index (χ3n) is 7.53. The highest BCUT2D eigenvalue weighted by molar-refractivity contribution is 8.00. The molecule has 6 aromatic rings. The topological polar surface area (TPSA) is 87.3 Å². The number of halogens is 2. The molecule has 0 fully saturated rings. The average Bonchev–Trinajstić information content (AvgIpc) is 3.13. The number of nitrogens with one attached hydrogen (secondary N) is 3. The number of thioether (sulfide) groups is 1. The van der Waals surface area contributed by atoms with Crippen LogP contribution in [0.2, 0.25) is 10.0 Å². The van der Waals surface area contributed by atoms with Crippen molar-refractivity contribution in [2.45, 2.75) is 10.1 Å². The van der Waals surface area contributed by atoms with Crippen molar-refractivity contribution in [1.29, 1.82) is 0 Å². The van der Waals surface area contributed by atoms with Gasteiger partial charge in [0.05, 0.1) is 10.0 Å². The summed E-state index contributed by atoms with van der Waals surface area (Å²) >= 11 is 13.6. The highest BCUT2D eigenvalue weighted by atomic mass is 35.5. The zero-order valence-corrected chi connectivity index (χ0v) is 28.2. The molecule has 0 radical (unpaired) electrons. The minimum absolute atomic E-state index is 0.0754. The molecule has 9 heteroatoms. The smallest absolute Gasteiger partial charge is 0.272 e. The molecule has 0 saturated carbocycles. The SMILES string of the molecule is O=C(Nc1cccc(SC(C(=O)Nc2ccc(Cl)c(Cl)c2)c2ccccc2)c1)/C(=C\c1cccc2ccccc12)NC(=O)c1ccccc1. The summed E-state index contributed by atoms with van der Waals surface area (Å²) in [6.07, 6.45) is 1.68. The van der Waals surface area contributed by atoms with E-state index in [1.54, 1.807) is 66.7 Å². The highest BCUT2D eigenvalue weighted by Crippen LogP contribution is 2.38. The Hall–Kier alpha value is -5.34. The number of benzene rings is 6. The van der Waals surface area contributed by atoms with E-state index in [-0.39, 0.29) is 11.6 Å². The van der Waals surface area contributed by atoms with E-state index in [9.17, 15) is 14.4 Å². The van der Waals surface area contributed by atoms with Crippen molar-refractivity contribution in [1.82, 2.24) is 5.32 Å². The normalized spacial score (nSPS) is 11.8. The summed E-state index contributed by atoms with van der Waals surface area (Å²) in [5, 5.41) is 10.7. The minimum Gasteiger partial charge on any atom is -0.325 e. The zero-order chi connectivity index (χ0) is 34.2. The van der Waals surface area contributed by atoms with Crippen molar-refractivity contribution < 1.29 is 14.4 Å². The van der Waals surface area contributed by atoms with Crippen LogP contribution in [-0.4, -0.2) is 17.7 Å². The van der Waals surface area contributed by atoms with Gasteiger partial charge in [-0.2, -0.15) is 0 Å². The molecule has 3 N–H and O–H groups in total. The van der Waals surface area contributed by atoms with Crippen molar-refractivity contribution in [3.63, 3.8) is 0 Å². The minimum atomic E-state index is -0.631. The maximum atomic E-state index is 13.9. The molecule has 49 heavy (non-hydrogen) atoms. The Balaban J connectivity index is 1.27. The third-order valence-corrected chi connectivity index (χ3v) is 9.51. The monoisotopic (exact) mass is 701 g/mol. The summed E-state index contributed by atoms with van der Waals surface area (Å²) in [5.74, 6) is -1.17. The lowest BCUT2D eigenvalue weighted by Crippen LogP contribution is -2.30. The van der Waals surface area contributed by atoms with Crippen LogP contribution in [0.15, 0.2) is 156 Å². The van der Waals surface area contributed by atoms with Gasteiger partial charge in [-0.15, -0.1) is 11.8 Å². The van der Waals surface area contributed by atoms with Gasteiger partial charge < -0.3 is 16.0 Å². The lowest BCUT2D eigenvalue weighted by Gasteiger charge is -2.18. The van der Waals surface area contributed by atoms with Crippen molar-refractivity contribution in [2.24, 2.45) is 0 Å². The van der Waals surface area contributed by atoms with Crippen LogP contribution >= 0.6 is 35.0 Å². The summed E-state index contributed by atoms with van der Waals surface area (Å²) in [6, 6.07) is 43.9.